The van der Waals surface area contributed by atoms with E-state index in [2.05, 4.69) is 22.5 Å². The van der Waals surface area contributed by atoms with Gasteiger partial charge in [0.25, 0.3) is 0 Å². The zero-order chi connectivity index (χ0) is 18.4. The molecule has 1 aromatic carbocycles. The standard InChI is InChI=1S/C18H23N5O3/c1-11-10-22(9-8-19-11)12-4-3-5-13-16(12)21(2)18(26)23(13)14-6-7-15(24)20-17(14)25/h3-5,11,14,19H,6-10H2,1-2H3,(H,20,24,25)/t11-,14?/m0/s1. The van der Waals surface area contributed by atoms with Gasteiger partial charge in [0.2, 0.25) is 11.8 Å². The smallest absolute Gasteiger partial charge is 0.329 e. The minimum Gasteiger partial charge on any atom is -0.367 e. The quantitative estimate of drug-likeness (QED) is 0.745. The van der Waals surface area contributed by atoms with Crippen molar-refractivity contribution in [3.8, 4) is 0 Å². The van der Waals surface area contributed by atoms with Crippen molar-refractivity contribution in [1.82, 2.24) is 19.8 Å². The van der Waals surface area contributed by atoms with Gasteiger partial charge in [0.15, 0.2) is 0 Å². The third-order valence-electron chi connectivity index (χ3n) is 5.31. The van der Waals surface area contributed by atoms with Crippen LogP contribution in [0.25, 0.3) is 11.0 Å². The minimum absolute atomic E-state index is 0.231. The van der Waals surface area contributed by atoms with Crippen molar-refractivity contribution in [3.63, 3.8) is 0 Å². The molecule has 8 nitrogen and oxygen atoms in total. The van der Waals surface area contributed by atoms with E-state index in [9.17, 15) is 14.4 Å². The number of nitrogens with one attached hydrogen (secondary N) is 2. The number of imide groups is 1. The summed E-state index contributed by atoms with van der Waals surface area (Å²) < 4.78 is 3.15. The van der Waals surface area contributed by atoms with Gasteiger partial charge in [-0.2, -0.15) is 0 Å². The van der Waals surface area contributed by atoms with Crippen LogP contribution in [-0.2, 0) is 16.6 Å². The number of rotatable bonds is 2. The number of aromatic nitrogens is 2. The number of imidazole rings is 1. The number of fused-ring (bicyclic) bond motifs is 1. The van der Waals surface area contributed by atoms with Crippen molar-refractivity contribution in [2.75, 3.05) is 24.5 Å². The van der Waals surface area contributed by atoms with Crippen LogP contribution in [0.1, 0.15) is 25.8 Å². The number of benzene rings is 1. The Kier molecular flexibility index (Phi) is 4.07. The predicted molar refractivity (Wildman–Crippen MR) is 98.3 cm³/mol. The number of hydrogen-bond donors (Lipinski definition) is 2. The normalized spacial score (nSPS) is 24.2. The molecule has 4 rings (SSSR count). The van der Waals surface area contributed by atoms with Gasteiger partial charge in [0, 0.05) is 39.1 Å². The van der Waals surface area contributed by atoms with Crippen LogP contribution in [0.4, 0.5) is 5.69 Å². The maximum Gasteiger partial charge on any atom is 0.329 e. The number of nitrogens with zero attached hydrogens (tertiary/aromatic N) is 3. The zero-order valence-electron chi connectivity index (χ0n) is 15.0. The molecule has 1 unspecified atom stereocenters. The number of anilines is 1. The Morgan fingerprint density at radius 1 is 1.19 bits per heavy atom. The molecule has 2 fully saturated rings. The zero-order valence-corrected chi connectivity index (χ0v) is 15.0. The molecule has 2 aliphatic heterocycles. The molecular formula is C18H23N5O3. The Hall–Kier alpha value is -2.61. The van der Waals surface area contributed by atoms with E-state index < -0.39 is 11.9 Å². The van der Waals surface area contributed by atoms with Gasteiger partial charge in [-0.1, -0.05) is 6.07 Å². The number of carbonyl (C=O) groups is 2. The van der Waals surface area contributed by atoms with E-state index in [4.69, 9.17) is 0 Å². The lowest BCUT2D eigenvalue weighted by molar-refractivity contribution is -0.135. The van der Waals surface area contributed by atoms with Gasteiger partial charge in [0.05, 0.1) is 16.7 Å². The van der Waals surface area contributed by atoms with E-state index >= 15 is 0 Å². The molecule has 26 heavy (non-hydrogen) atoms. The summed E-state index contributed by atoms with van der Waals surface area (Å²) in [6.07, 6.45) is 0.590. The summed E-state index contributed by atoms with van der Waals surface area (Å²) in [7, 11) is 1.74. The van der Waals surface area contributed by atoms with E-state index in [0.29, 0.717) is 12.5 Å². The van der Waals surface area contributed by atoms with Crippen LogP contribution in [0.2, 0.25) is 0 Å². The Labute approximate surface area is 150 Å². The summed E-state index contributed by atoms with van der Waals surface area (Å²) in [5, 5.41) is 5.77. The number of piperazine rings is 1. The van der Waals surface area contributed by atoms with Crippen LogP contribution in [0, 0.1) is 0 Å². The van der Waals surface area contributed by atoms with Crippen LogP contribution in [-0.4, -0.2) is 46.6 Å². The first-order chi connectivity index (χ1) is 12.5. The summed E-state index contributed by atoms with van der Waals surface area (Å²) >= 11 is 0. The second-order valence-electron chi connectivity index (χ2n) is 7.12. The van der Waals surface area contributed by atoms with Crippen molar-refractivity contribution < 1.29 is 9.59 Å². The van der Waals surface area contributed by atoms with Gasteiger partial charge in [-0.25, -0.2) is 4.79 Å². The fraction of sp³-hybridized carbons (Fsp3) is 0.500. The highest BCUT2D eigenvalue weighted by molar-refractivity contribution is 6.00. The number of amides is 2. The molecule has 8 heteroatoms. The summed E-state index contributed by atoms with van der Waals surface area (Å²) in [5.74, 6) is -0.688. The number of aryl methyl sites for hydroxylation is 1. The molecule has 2 aliphatic rings. The van der Waals surface area contributed by atoms with Gasteiger partial charge >= 0.3 is 5.69 Å². The second kappa shape index (κ2) is 6.28. The third-order valence-corrected chi connectivity index (χ3v) is 5.31. The summed E-state index contributed by atoms with van der Waals surface area (Å²) in [4.78, 5) is 39.0. The molecule has 2 N–H and O–H groups in total. The first-order valence-corrected chi connectivity index (χ1v) is 8.99. The second-order valence-corrected chi connectivity index (χ2v) is 7.12. The van der Waals surface area contributed by atoms with Crippen LogP contribution in [0.15, 0.2) is 23.0 Å². The van der Waals surface area contributed by atoms with Crippen molar-refractivity contribution in [2.24, 2.45) is 7.05 Å². The molecular weight excluding hydrogens is 334 g/mol. The molecule has 2 saturated heterocycles. The molecule has 0 radical (unpaired) electrons. The highest BCUT2D eigenvalue weighted by Crippen LogP contribution is 2.30. The van der Waals surface area contributed by atoms with E-state index in [1.54, 1.807) is 11.6 Å². The first-order valence-electron chi connectivity index (χ1n) is 8.99. The molecule has 0 bridgehead atoms. The largest absolute Gasteiger partial charge is 0.367 e. The monoisotopic (exact) mass is 357 g/mol. The van der Waals surface area contributed by atoms with Crippen molar-refractivity contribution in [2.45, 2.75) is 31.8 Å². The molecule has 2 amide bonds. The molecule has 0 saturated carbocycles. The van der Waals surface area contributed by atoms with Gasteiger partial charge in [-0.15, -0.1) is 0 Å². The summed E-state index contributed by atoms with van der Waals surface area (Å²) in [6.45, 7) is 4.75. The van der Waals surface area contributed by atoms with E-state index in [0.717, 1.165) is 36.4 Å². The lowest BCUT2D eigenvalue weighted by Crippen LogP contribution is -2.49. The molecule has 1 aromatic heterocycles. The van der Waals surface area contributed by atoms with Crippen LogP contribution < -0.4 is 21.2 Å². The van der Waals surface area contributed by atoms with Gasteiger partial charge in [-0.3, -0.25) is 24.0 Å². The molecule has 2 atom stereocenters. The fourth-order valence-electron chi connectivity index (χ4n) is 4.05. The van der Waals surface area contributed by atoms with Crippen molar-refractivity contribution >= 4 is 28.5 Å². The lowest BCUT2D eigenvalue weighted by atomic mass is 10.1. The Balaban J connectivity index is 1.85. The average Bonchev–Trinajstić information content (AvgIpc) is 2.87. The molecule has 138 valence electrons. The number of hydrogen-bond acceptors (Lipinski definition) is 5. The Morgan fingerprint density at radius 2 is 2.00 bits per heavy atom. The highest BCUT2D eigenvalue weighted by Gasteiger charge is 2.32. The van der Waals surface area contributed by atoms with Crippen molar-refractivity contribution in [1.29, 1.82) is 0 Å². The van der Waals surface area contributed by atoms with Gasteiger partial charge in [0.1, 0.15) is 6.04 Å². The number of para-hydroxylation sites is 1. The molecule has 0 aliphatic carbocycles. The van der Waals surface area contributed by atoms with Gasteiger partial charge < -0.3 is 10.2 Å². The van der Waals surface area contributed by atoms with E-state index in [1.807, 2.05) is 18.2 Å². The molecule has 0 spiro atoms. The average molecular weight is 357 g/mol. The predicted octanol–water partition coefficient (Wildman–Crippen LogP) is 0.116. The highest BCUT2D eigenvalue weighted by atomic mass is 16.2. The van der Waals surface area contributed by atoms with Crippen LogP contribution in [0.5, 0.6) is 0 Å². The number of carbonyl (C=O) groups excluding carboxylic acids is 2. The molecule has 3 heterocycles. The van der Waals surface area contributed by atoms with Crippen LogP contribution in [0.3, 0.4) is 0 Å². The third kappa shape index (κ3) is 2.61. The maximum absolute atomic E-state index is 12.9. The fourth-order valence-corrected chi connectivity index (χ4v) is 4.05. The summed E-state index contributed by atoms with van der Waals surface area (Å²) in [5.41, 5.74) is 2.33. The Bertz CT molecular complexity index is 944. The van der Waals surface area contributed by atoms with E-state index in [-0.39, 0.29) is 18.0 Å². The minimum atomic E-state index is -0.652. The van der Waals surface area contributed by atoms with E-state index in [1.165, 1.54) is 4.57 Å². The lowest BCUT2D eigenvalue weighted by Gasteiger charge is -2.34. The topological polar surface area (TPSA) is 88.4 Å². The Morgan fingerprint density at radius 3 is 2.73 bits per heavy atom. The first kappa shape index (κ1) is 16.8. The van der Waals surface area contributed by atoms with Crippen molar-refractivity contribution in [3.05, 3.63) is 28.7 Å². The molecule has 2 aromatic rings. The summed E-state index contributed by atoms with van der Waals surface area (Å²) in [6, 6.07) is 5.53. The maximum atomic E-state index is 12.9. The van der Waals surface area contributed by atoms with Gasteiger partial charge in [-0.05, 0) is 25.5 Å². The SMILES string of the molecule is C[C@H]1CN(c2cccc3c2n(C)c(=O)n3C2CCC(=O)NC2=O)CCN1. The number of piperidine rings is 1. The van der Waals surface area contributed by atoms with Crippen LogP contribution >= 0.6 is 0 Å².